The lowest BCUT2D eigenvalue weighted by molar-refractivity contribution is -0.145. The van der Waals surface area contributed by atoms with Gasteiger partial charge in [0, 0.05) is 6.54 Å². The van der Waals surface area contributed by atoms with Crippen molar-refractivity contribution >= 4 is 21.7 Å². The summed E-state index contributed by atoms with van der Waals surface area (Å²) < 4.78 is 78.4. The summed E-state index contributed by atoms with van der Waals surface area (Å²) in [5, 5.41) is 0. The van der Waals surface area contributed by atoms with Gasteiger partial charge in [0.15, 0.2) is 6.61 Å². The van der Waals surface area contributed by atoms with Crippen molar-refractivity contribution in [2.45, 2.75) is 44.2 Å². The van der Waals surface area contributed by atoms with Crippen LogP contribution in [0.3, 0.4) is 0 Å². The topological polar surface area (TPSA) is 72.9 Å². The van der Waals surface area contributed by atoms with Crippen molar-refractivity contribution in [3.63, 3.8) is 0 Å². The molecule has 0 spiro atoms. The molecule has 0 radical (unpaired) electrons. The predicted molar refractivity (Wildman–Crippen MR) is 142 cm³/mol. The summed E-state index contributed by atoms with van der Waals surface area (Å²) in [6.45, 7) is 3.60. The number of hydrogen-bond donors (Lipinski definition) is 0. The van der Waals surface area contributed by atoms with Crippen LogP contribution < -0.4 is 9.04 Å². The van der Waals surface area contributed by atoms with Crippen LogP contribution in [-0.2, 0) is 25.7 Å². The number of ether oxygens (including phenoxy) is 2. The molecule has 0 atom stereocenters. The number of alkyl halides is 3. The van der Waals surface area contributed by atoms with E-state index in [-0.39, 0.29) is 24.7 Å². The largest absolute Gasteiger partial charge is 0.482 e. The van der Waals surface area contributed by atoms with E-state index in [0.717, 1.165) is 25.0 Å². The molecule has 0 N–H and O–H groups in total. The number of nitrogens with zero attached hydrogens (tertiary/aromatic N) is 1. The molecule has 1 aliphatic carbocycles. The maximum absolute atomic E-state index is 13.9. The number of rotatable bonds is 11. The van der Waals surface area contributed by atoms with Gasteiger partial charge in [0.05, 0.1) is 22.8 Å². The molecule has 0 aliphatic heterocycles. The highest BCUT2D eigenvalue weighted by atomic mass is 32.2. The SMILES string of the molecule is CCOC(=O)COc1ccc(S(=O)(=O)N(CCC2CC2)c2cccc(-c3ccc(C(F)(F)F)cc3)c2)cc1C. The smallest absolute Gasteiger partial charge is 0.416 e. The quantitative estimate of drug-likeness (QED) is 0.246. The number of carbonyl (C=O) groups is 1. The van der Waals surface area contributed by atoms with Crippen molar-refractivity contribution in [1.29, 1.82) is 0 Å². The van der Waals surface area contributed by atoms with Crippen molar-refractivity contribution in [3.05, 3.63) is 77.9 Å². The van der Waals surface area contributed by atoms with Gasteiger partial charge in [-0.3, -0.25) is 4.31 Å². The van der Waals surface area contributed by atoms with E-state index in [1.54, 1.807) is 38.1 Å². The number of esters is 1. The number of halogens is 3. The van der Waals surface area contributed by atoms with Crippen LogP contribution in [0.15, 0.2) is 71.6 Å². The Labute approximate surface area is 226 Å². The summed E-state index contributed by atoms with van der Waals surface area (Å²) >= 11 is 0. The average molecular weight is 562 g/mol. The second-order valence-electron chi connectivity index (χ2n) is 9.46. The second kappa shape index (κ2) is 11.7. The van der Waals surface area contributed by atoms with E-state index in [1.807, 2.05) is 0 Å². The van der Waals surface area contributed by atoms with Gasteiger partial charge in [0.1, 0.15) is 5.75 Å². The lowest BCUT2D eigenvalue weighted by atomic mass is 10.0. The third-order valence-corrected chi connectivity index (χ3v) is 8.33. The Morgan fingerprint density at radius 1 is 1.00 bits per heavy atom. The van der Waals surface area contributed by atoms with Gasteiger partial charge >= 0.3 is 12.1 Å². The van der Waals surface area contributed by atoms with Crippen molar-refractivity contribution in [1.82, 2.24) is 0 Å². The Balaban J connectivity index is 1.63. The van der Waals surface area contributed by atoms with Crippen molar-refractivity contribution in [3.8, 4) is 16.9 Å². The molecule has 0 unspecified atom stereocenters. The fourth-order valence-electron chi connectivity index (χ4n) is 4.20. The molecule has 208 valence electrons. The van der Waals surface area contributed by atoms with Crippen LogP contribution in [0.5, 0.6) is 5.75 Å². The first-order valence-corrected chi connectivity index (χ1v) is 14.1. The van der Waals surface area contributed by atoms with Crippen molar-refractivity contribution in [2.75, 3.05) is 24.1 Å². The van der Waals surface area contributed by atoms with Crippen LogP contribution in [0.4, 0.5) is 18.9 Å². The summed E-state index contributed by atoms with van der Waals surface area (Å²) in [7, 11) is -3.99. The van der Waals surface area contributed by atoms with Gasteiger partial charge in [-0.05, 0) is 85.3 Å². The molecule has 0 aromatic heterocycles. The normalized spacial score (nSPS) is 13.7. The van der Waals surface area contributed by atoms with Gasteiger partial charge in [-0.1, -0.05) is 37.1 Å². The summed E-state index contributed by atoms with van der Waals surface area (Å²) in [4.78, 5) is 11.7. The maximum Gasteiger partial charge on any atom is 0.416 e. The molecule has 1 fully saturated rings. The molecule has 0 amide bonds. The summed E-state index contributed by atoms with van der Waals surface area (Å²) in [6, 6.07) is 16.0. The molecule has 1 aliphatic rings. The maximum atomic E-state index is 13.9. The van der Waals surface area contributed by atoms with E-state index in [1.165, 1.54) is 34.6 Å². The Morgan fingerprint density at radius 2 is 1.72 bits per heavy atom. The predicted octanol–water partition coefficient (Wildman–Crippen LogP) is 6.62. The van der Waals surface area contributed by atoms with E-state index in [2.05, 4.69) is 0 Å². The highest BCUT2D eigenvalue weighted by Crippen LogP contribution is 2.36. The fraction of sp³-hybridized carbons (Fsp3) is 0.345. The lowest BCUT2D eigenvalue weighted by Gasteiger charge is -2.25. The molecule has 6 nitrogen and oxygen atoms in total. The number of aryl methyl sites for hydroxylation is 1. The fourth-order valence-corrected chi connectivity index (χ4v) is 5.75. The number of sulfonamides is 1. The average Bonchev–Trinajstić information content (AvgIpc) is 3.72. The van der Waals surface area contributed by atoms with E-state index in [4.69, 9.17) is 9.47 Å². The Hall–Kier alpha value is -3.53. The zero-order valence-electron chi connectivity index (χ0n) is 21.7. The first kappa shape index (κ1) is 28.5. The van der Waals surface area contributed by atoms with Gasteiger partial charge in [-0.25, -0.2) is 13.2 Å². The van der Waals surface area contributed by atoms with Gasteiger partial charge in [-0.15, -0.1) is 0 Å². The van der Waals surface area contributed by atoms with Crippen LogP contribution in [0.25, 0.3) is 11.1 Å². The summed E-state index contributed by atoms with van der Waals surface area (Å²) in [6.07, 6.45) is -1.62. The number of hydrogen-bond acceptors (Lipinski definition) is 5. The van der Waals surface area contributed by atoms with Gasteiger partial charge in [-0.2, -0.15) is 13.2 Å². The molecule has 4 rings (SSSR count). The molecule has 3 aromatic rings. The molecule has 39 heavy (non-hydrogen) atoms. The number of carbonyl (C=O) groups excluding carboxylic acids is 1. The van der Waals surface area contributed by atoms with Crippen molar-refractivity contribution < 1.29 is 35.9 Å². The zero-order valence-corrected chi connectivity index (χ0v) is 22.5. The van der Waals surface area contributed by atoms with E-state index < -0.39 is 27.7 Å². The second-order valence-corrected chi connectivity index (χ2v) is 11.3. The Kier molecular flexibility index (Phi) is 8.54. The highest BCUT2D eigenvalue weighted by molar-refractivity contribution is 7.92. The van der Waals surface area contributed by atoms with Gasteiger partial charge in [0.25, 0.3) is 10.0 Å². The number of anilines is 1. The first-order chi connectivity index (χ1) is 18.5. The molecule has 0 saturated heterocycles. The summed E-state index contributed by atoms with van der Waals surface area (Å²) in [5.41, 5.74) is 1.37. The molecular formula is C29H30F3NO5S. The Morgan fingerprint density at radius 3 is 2.33 bits per heavy atom. The third kappa shape index (κ3) is 7.11. The van der Waals surface area contributed by atoms with Crippen LogP contribution in [0.2, 0.25) is 0 Å². The van der Waals surface area contributed by atoms with E-state index in [0.29, 0.717) is 40.5 Å². The monoisotopic (exact) mass is 561 g/mol. The molecule has 1 saturated carbocycles. The lowest BCUT2D eigenvalue weighted by Crippen LogP contribution is -2.32. The van der Waals surface area contributed by atoms with Crippen LogP contribution in [0, 0.1) is 12.8 Å². The van der Waals surface area contributed by atoms with Crippen LogP contribution in [0.1, 0.15) is 37.3 Å². The minimum atomic E-state index is -4.44. The minimum Gasteiger partial charge on any atom is -0.482 e. The molecule has 0 heterocycles. The van der Waals surface area contributed by atoms with Crippen LogP contribution >= 0.6 is 0 Å². The zero-order chi connectivity index (χ0) is 28.2. The van der Waals surface area contributed by atoms with Crippen molar-refractivity contribution in [2.24, 2.45) is 5.92 Å². The minimum absolute atomic E-state index is 0.0687. The standard InChI is InChI=1S/C29H30F3NO5S/c1-3-37-28(34)19-38-27-14-13-26(17-20(27)2)39(35,36)33(16-15-21-7-8-21)25-6-4-5-23(18-25)22-9-11-24(12-10-22)29(30,31)32/h4-6,9-14,17-18,21H,3,7-8,15-16,19H2,1-2H3. The third-order valence-electron chi connectivity index (χ3n) is 6.50. The Bertz CT molecular complexity index is 1420. The van der Waals surface area contributed by atoms with Gasteiger partial charge < -0.3 is 9.47 Å². The first-order valence-electron chi connectivity index (χ1n) is 12.7. The van der Waals surface area contributed by atoms with E-state index >= 15 is 0 Å². The summed E-state index contributed by atoms with van der Waals surface area (Å²) in [5.74, 6) is 0.324. The highest BCUT2D eigenvalue weighted by Gasteiger charge is 2.31. The molecule has 3 aromatic carbocycles. The molecule has 0 bridgehead atoms. The van der Waals surface area contributed by atoms with Gasteiger partial charge in [0.2, 0.25) is 0 Å². The van der Waals surface area contributed by atoms with Crippen LogP contribution in [-0.4, -0.2) is 34.1 Å². The molecule has 10 heteroatoms. The number of benzene rings is 3. The molecular weight excluding hydrogens is 531 g/mol. The van der Waals surface area contributed by atoms with E-state index in [9.17, 15) is 26.4 Å².